The Morgan fingerprint density at radius 3 is 2.18 bits per heavy atom. The zero-order valence-corrected chi connectivity index (χ0v) is 19.3. The van der Waals surface area contributed by atoms with Gasteiger partial charge >= 0.3 is 6.09 Å². The monoisotopic (exact) mass is 454 g/mol. The number of nitrogens with one attached hydrogen (secondary N) is 1. The van der Waals surface area contributed by atoms with Crippen LogP contribution in [0, 0.1) is 5.92 Å². The average Bonchev–Trinajstić information content (AvgIpc) is 3.63. The molecule has 2 fully saturated rings. The van der Waals surface area contributed by atoms with E-state index in [0.29, 0.717) is 13.2 Å². The van der Waals surface area contributed by atoms with Crippen LogP contribution in [0.1, 0.15) is 48.4 Å². The number of hydrogen-bond acceptors (Lipinski definition) is 3. The van der Waals surface area contributed by atoms with Crippen LogP contribution in [-0.4, -0.2) is 23.4 Å². The van der Waals surface area contributed by atoms with E-state index < -0.39 is 0 Å². The largest absolute Gasteiger partial charge is 0.445 e. The third kappa shape index (κ3) is 5.30. The number of nitrogens with zero attached hydrogens (tertiary/aromatic N) is 1. The van der Waals surface area contributed by atoms with Crippen molar-refractivity contribution in [3.63, 3.8) is 0 Å². The molecule has 2 amide bonds. The average molecular weight is 455 g/mol. The lowest BCUT2D eigenvalue weighted by atomic mass is 9.99. The van der Waals surface area contributed by atoms with Crippen LogP contribution in [0.4, 0.5) is 4.79 Å². The molecule has 2 aliphatic rings. The first-order valence-corrected chi connectivity index (χ1v) is 12.1. The molecular formula is C29H30N2O3. The van der Waals surface area contributed by atoms with Gasteiger partial charge in [0.1, 0.15) is 6.61 Å². The van der Waals surface area contributed by atoms with Crippen molar-refractivity contribution >= 4 is 12.0 Å². The maximum absolute atomic E-state index is 12.7. The lowest BCUT2D eigenvalue weighted by Crippen LogP contribution is -2.31. The first-order valence-electron chi connectivity index (χ1n) is 12.1. The Balaban J connectivity index is 1.19. The number of rotatable bonds is 7. The molecule has 1 atom stereocenters. The summed E-state index contributed by atoms with van der Waals surface area (Å²) in [5.41, 5.74) is 5.50. The van der Waals surface area contributed by atoms with E-state index >= 15 is 0 Å². The van der Waals surface area contributed by atoms with Crippen molar-refractivity contribution in [3.8, 4) is 11.1 Å². The van der Waals surface area contributed by atoms with Gasteiger partial charge in [-0.1, -0.05) is 78.9 Å². The van der Waals surface area contributed by atoms with Crippen molar-refractivity contribution in [2.24, 2.45) is 5.92 Å². The highest BCUT2D eigenvalue weighted by atomic mass is 16.6. The molecule has 3 aromatic carbocycles. The second kappa shape index (κ2) is 10.1. The number of carbonyl (C=O) groups is 2. The normalized spacial score (nSPS) is 17.4. The van der Waals surface area contributed by atoms with Crippen LogP contribution < -0.4 is 5.32 Å². The highest BCUT2D eigenvalue weighted by Crippen LogP contribution is 2.34. The fourth-order valence-corrected chi connectivity index (χ4v) is 4.53. The molecule has 5 nitrogen and oxygen atoms in total. The summed E-state index contributed by atoms with van der Waals surface area (Å²) >= 11 is 0. The maximum Gasteiger partial charge on any atom is 0.410 e. The fraction of sp³-hybridized carbons (Fsp3) is 0.310. The number of benzene rings is 3. The van der Waals surface area contributed by atoms with Crippen LogP contribution in [0.15, 0.2) is 78.9 Å². The highest BCUT2D eigenvalue weighted by molar-refractivity contribution is 5.80. The van der Waals surface area contributed by atoms with Crippen LogP contribution >= 0.6 is 0 Å². The Morgan fingerprint density at radius 1 is 0.824 bits per heavy atom. The maximum atomic E-state index is 12.7. The lowest BCUT2D eigenvalue weighted by Gasteiger charge is -2.24. The summed E-state index contributed by atoms with van der Waals surface area (Å²) in [5.74, 6) is 0.406. The van der Waals surface area contributed by atoms with Crippen molar-refractivity contribution in [2.45, 2.75) is 44.9 Å². The topological polar surface area (TPSA) is 58.6 Å². The molecule has 34 heavy (non-hydrogen) atoms. The van der Waals surface area contributed by atoms with Crippen LogP contribution in [0.25, 0.3) is 11.1 Å². The van der Waals surface area contributed by atoms with E-state index in [0.717, 1.165) is 60.0 Å². The van der Waals surface area contributed by atoms with E-state index in [4.69, 9.17) is 4.74 Å². The minimum absolute atomic E-state index is 0.0507. The van der Waals surface area contributed by atoms with Gasteiger partial charge in [0.2, 0.25) is 5.91 Å². The molecule has 1 saturated heterocycles. The summed E-state index contributed by atoms with van der Waals surface area (Å²) in [5, 5.41) is 3.01. The second-order valence-corrected chi connectivity index (χ2v) is 9.20. The van der Waals surface area contributed by atoms with Gasteiger partial charge in [-0.15, -0.1) is 0 Å². The predicted molar refractivity (Wildman–Crippen MR) is 132 cm³/mol. The molecule has 174 valence electrons. The van der Waals surface area contributed by atoms with E-state index in [1.807, 2.05) is 35.2 Å². The highest BCUT2D eigenvalue weighted by Gasteiger charge is 2.31. The summed E-state index contributed by atoms with van der Waals surface area (Å²) in [6.07, 6.45) is 3.72. The van der Waals surface area contributed by atoms with Gasteiger partial charge in [-0.2, -0.15) is 0 Å². The van der Waals surface area contributed by atoms with Crippen LogP contribution in [0.3, 0.4) is 0 Å². The molecular weight excluding hydrogens is 424 g/mol. The first-order chi connectivity index (χ1) is 16.7. The first kappa shape index (κ1) is 22.2. The fourth-order valence-electron chi connectivity index (χ4n) is 4.53. The SMILES string of the molecule is O=C(NCc1ccc(-c2ccc(C3CCCN3C(=O)OCc3ccccc3)cc2)cc1)C1CC1. The number of ether oxygens (including phenoxy) is 1. The van der Waals surface area contributed by atoms with Crippen molar-refractivity contribution in [3.05, 3.63) is 95.6 Å². The van der Waals surface area contributed by atoms with Crippen LogP contribution in [0.2, 0.25) is 0 Å². The second-order valence-electron chi connectivity index (χ2n) is 9.20. The predicted octanol–water partition coefficient (Wildman–Crippen LogP) is 5.85. The Hall–Kier alpha value is -3.60. The third-order valence-corrected chi connectivity index (χ3v) is 6.69. The molecule has 0 aromatic heterocycles. The summed E-state index contributed by atoms with van der Waals surface area (Å²) in [4.78, 5) is 26.4. The standard InChI is InChI=1S/C29H30N2O3/c32-28(26-16-17-26)30-19-21-8-10-23(11-9-21)24-12-14-25(15-13-24)27-7-4-18-31(27)29(33)34-20-22-5-2-1-3-6-22/h1-3,5-6,8-15,26-27H,4,7,16-20H2,(H,30,32). The Labute approximate surface area is 200 Å². The van der Waals surface area contributed by atoms with Gasteiger partial charge in [0.25, 0.3) is 0 Å². The van der Waals surface area contributed by atoms with Gasteiger partial charge in [0.15, 0.2) is 0 Å². The molecule has 5 rings (SSSR count). The zero-order chi connectivity index (χ0) is 23.3. The molecule has 1 heterocycles. The number of likely N-dealkylation sites (tertiary alicyclic amines) is 1. The smallest absolute Gasteiger partial charge is 0.410 e. The molecule has 1 saturated carbocycles. The Kier molecular flexibility index (Phi) is 6.61. The minimum atomic E-state index is -0.250. The summed E-state index contributed by atoms with van der Waals surface area (Å²) in [6, 6.07) is 26.6. The lowest BCUT2D eigenvalue weighted by molar-refractivity contribution is -0.122. The van der Waals surface area contributed by atoms with E-state index in [-0.39, 0.29) is 24.0 Å². The number of amides is 2. The van der Waals surface area contributed by atoms with Crippen molar-refractivity contribution in [1.29, 1.82) is 0 Å². The summed E-state index contributed by atoms with van der Waals surface area (Å²) in [7, 11) is 0. The van der Waals surface area contributed by atoms with E-state index in [2.05, 4.69) is 53.8 Å². The van der Waals surface area contributed by atoms with Gasteiger partial charge in [0, 0.05) is 19.0 Å². The minimum Gasteiger partial charge on any atom is -0.445 e. The molecule has 0 spiro atoms. The van der Waals surface area contributed by atoms with Crippen LogP contribution in [-0.2, 0) is 22.7 Å². The summed E-state index contributed by atoms with van der Waals surface area (Å²) < 4.78 is 5.58. The summed E-state index contributed by atoms with van der Waals surface area (Å²) in [6.45, 7) is 1.59. The molecule has 1 aliphatic heterocycles. The van der Waals surface area contributed by atoms with Crippen molar-refractivity contribution in [1.82, 2.24) is 10.2 Å². The number of hydrogen-bond donors (Lipinski definition) is 1. The van der Waals surface area contributed by atoms with Gasteiger partial charge in [-0.3, -0.25) is 4.79 Å². The molecule has 1 aliphatic carbocycles. The van der Waals surface area contributed by atoms with E-state index in [1.165, 1.54) is 0 Å². The third-order valence-electron chi connectivity index (χ3n) is 6.69. The van der Waals surface area contributed by atoms with E-state index in [1.54, 1.807) is 0 Å². The molecule has 0 radical (unpaired) electrons. The van der Waals surface area contributed by atoms with Gasteiger partial charge in [0.05, 0.1) is 6.04 Å². The molecule has 3 aromatic rings. The molecule has 1 N–H and O–H groups in total. The quantitative estimate of drug-likeness (QED) is 0.487. The van der Waals surface area contributed by atoms with Gasteiger partial charge in [-0.25, -0.2) is 4.79 Å². The number of carbonyl (C=O) groups excluding carboxylic acids is 2. The Morgan fingerprint density at radius 2 is 1.50 bits per heavy atom. The van der Waals surface area contributed by atoms with Gasteiger partial charge < -0.3 is 15.0 Å². The molecule has 1 unspecified atom stereocenters. The molecule has 5 heteroatoms. The van der Waals surface area contributed by atoms with E-state index in [9.17, 15) is 9.59 Å². The Bertz CT molecular complexity index is 1120. The van der Waals surface area contributed by atoms with Crippen LogP contribution in [0.5, 0.6) is 0 Å². The van der Waals surface area contributed by atoms with Crippen molar-refractivity contribution in [2.75, 3.05) is 6.54 Å². The zero-order valence-electron chi connectivity index (χ0n) is 19.3. The van der Waals surface area contributed by atoms with Crippen molar-refractivity contribution < 1.29 is 14.3 Å². The van der Waals surface area contributed by atoms with Gasteiger partial charge in [-0.05, 0) is 53.5 Å². The molecule has 0 bridgehead atoms.